The second kappa shape index (κ2) is 7.82. The second-order valence-corrected chi connectivity index (χ2v) is 5.45. The topological polar surface area (TPSA) is 87.7 Å². The van der Waals surface area contributed by atoms with Crippen LogP contribution in [0.2, 0.25) is 5.02 Å². The minimum atomic E-state index is -0.507. The molecule has 124 valence electrons. The summed E-state index contributed by atoms with van der Waals surface area (Å²) in [5, 5.41) is 5.66. The number of esters is 1. The summed E-state index contributed by atoms with van der Waals surface area (Å²) in [6, 6.07) is 6.09. The molecule has 0 saturated carbocycles. The zero-order chi connectivity index (χ0) is 16.8. The first kappa shape index (κ1) is 17.1. The highest BCUT2D eigenvalue weighted by molar-refractivity contribution is 6.30. The van der Waals surface area contributed by atoms with Crippen molar-refractivity contribution >= 4 is 35.2 Å². The lowest BCUT2D eigenvalue weighted by atomic mass is 10.2. The predicted molar refractivity (Wildman–Crippen MR) is 85.4 cm³/mol. The fraction of sp³-hybridized carbons (Fsp3) is 0.400. The van der Waals surface area contributed by atoms with Gasteiger partial charge in [0, 0.05) is 23.7 Å². The number of nitrogens with zero attached hydrogens (tertiary/aromatic N) is 1. The molecule has 1 heterocycles. The first-order chi connectivity index (χ1) is 11.0. The third kappa shape index (κ3) is 4.85. The highest BCUT2D eigenvalue weighted by Crippen LogP contribution is 2.23. The van der Waals surface area contributed by atoms with E-state index in [1.807, 2.05) is 0 Å². The van der Waals surface area contributed by atoms with Gasteiger partial charge in [-0.25, -0.2) is 4.79 Å². The van der Waals surface area contributed by atoms with Crippen molar-refractivity contribution in [1.82, 2.24) is 10.6 Å². The summed E-state index contributed by atoms with van der Waals surface area (Å²) in [6.07, 6.45) is 0.204. The third-order valence-corrected chi connectivity index (χ3v) is 3.55. The number of benzene rings is 1. The zero-order valence-corrected chi connectivity index (χ0v) is 13.4. The Bertz CT molecular complexity index is 591. The summed E-state index contributed by atoms with van der Waals surface area (Å²) in [7, 11) is 0. The molecule has 7 nitrogen and oxygen atoms in total. The van der Waals surface area contributed by atoms with Crippen LogP contribution < -0.4 is 15.5 Å². The number of rotatable bonds is 5. The molecular formula is C15H18ClN3O4. The second-order valence-electron chi connectivity index (χ2n) is 5.01. The van der Waals surface area contributed by atoms with Crippen LogP contribution in [0.1, 0.15) is 13.3 Å². The normalized spacial score (nSPS) is 17.0. The van der Waals surface area contributed by atoms with Gasteiger partial charge in [-0.2, -0.15) is 0 Å². The highest BCUT2D eigenvalue weighted by atomic mass is 35.5. The van der Waals surface area contributed by atoms with Crippen molar-refractivity contribution in [3.05, 3.63) is 29.3 Å². The minimum absolute atomic E-state index is 0.0805. The van der Waals surface area contributed by atoms with Gasteiger partial charge in [0.2, 0.25) is 5.91 Å². The van der Waals surface area contributed by atoms with Crippen molar-refractivity contribution in [3.8, 4) is 0 Å². The van der Waals surface area contributed by atoms with Gasteiger partial charge in [0.25, 0.3) is 0 Å². The van der Waals surface area contributed by atoms with E-state index in [9.17, 15) is 14.4 Å². The Morgan fingerprint density at radius 3 is 2.70 bits per heavy atom. The molecule has 3 amide bonds. The number of hydrogen-bond acceptors (Lipinski definition) is 4. The van der Waals surface area contributed by atoms with Crippen molar-refractivity contribution in [2.24, 2.45) is 0 Å². The molecule has 1 aliphatic heterocycles. The van der Waals surface area contributed by atoms with E-state index in [1.165, 1.54) is 0 Å². The van der Waals surface area contributed by atoms with Crippen LogP contribution >= 0.6 is 11.6 Å². The van der Waals surface area contributed by atoms with E-state index in [-0.39, 0.29) is 31.5 Å². The number of ether oxygens (including phenoxy) is 1. The smallest absolute Gasteiger partial charge is 0.325 e. The fourth-order valence-corrected chi connectivity index (χ4v) is 2.40. The maximum absolute atomic E-state index is 12.0. The van der Waals surface area contributed by atoms with Crippen LogP contribution in [0.3, 0.4) is 0 Å². The molecule has 0 spiro atoms. The first-order valence-corrected chi connectivity index (χ1v) is 7.63. The van der Waals surface area contributed by atoms with Crippen molar-refractivity contribution in [2.75, 3.05) is 24.6 Å². The van der Waals surface area contributed by atoms with E-state index in [2.05, 4.69) is 10.6 Å². The van der Waals surface area contributed by atoms with E-state index in [4.69, 9.17) is 16.3 Å². The van der Waals surface area contributed by atoms with E-state index in [0.29, 0.717) is 11.6 Å². The Kier molecular flexibility index (Phi) is 5.81. The van der Waals surface area contributed by atoms with E-state index in [0.717, 1.165) is 5.69 Å². The monoisotopic (exact) mass is 339 g/mol. The van der Waals surface area contributed by atoms with Gasteiger partial charge >= 0.3 is 12.0 Å². The third-order valence-electron chi connectivity index (χ3n) is 3.30. The minimum Gasteiger partial charge on any atom is -0.465 e. The van der Waals surface area contributed by atoms with Crippen LogP contribution in [0.4, 0.5) is 10.5 Å². The summed E-state index contributed by atoms with van der Waals surface area (Å²) in [5.41, 5.74) is 0.732. The number of anilines is 1. The maximum Gasteiger partial charge on any atom is 0.325 e. The van der Waals surface area contributed by atoms with Crippen molar-refractivity contribution < 1.29 is 19.1 Å². The van der Waals surface area contributed by atoms with Gasteiger partial charge in [-0.15, -0.1) is 0 Å². The molecule has 1 atom stereocenters. The standard InChI is InChI=1S/C15H18ClN3O4/c1-2-23-14(21)8-17-15(22)18-11-7-13(20)19(9-11)12-5-3-10(16)4-6-12/h3-6,11H,2,7-9H2,1H3,(H2,17,18,22)/t11-/m1/s1. The molecule has 1 saturated heterocycles. The Morgan fingerprint density at radius 2 is 2.04 bits per heavy atom. The summed E-state index contributed by atoms with van der Waals surface area (Å²) < 4.78 is 4.71. The number of urea groups is 1. The van der Waals surface area contributed by atoms with E-state index in [1.54, 1.807) is 36.1 Å². The molecule has 2 N–H and O–H groups in total. The highest BCUT2D eigenvalue weighted by Gasteiger charge is 2.31. The van der Waals surface area contributed by atoms with Crippen molar-refractivity contribution in [3.63, 3.8) is 0 Å². The molecule has 1 aliphatic rings. The Hall–Kier alpha value is -2.28. The van der Waals surface area contributed by atoms with Gasteiger partial charge < -0.3 is 20.3 Å². The lowest BCUT2D eigenvalue weighted by molar-refractivity contribution is -0.141. The molecule has 1 aromatic carbocycles. The number of carbonyl (C=O) groups is 3. The van der Waals surface area contributed by atoms with Gasteiger partial charge in [0.05, 0.1) is 12.6 Å². The van der Waals surface area contributed by atoms with E-state index < -0.39 is 12.0 Å². The average Bonchev–Trinajstić information content (AvgIpc) is 2.87. The summed E-state index contributed by atoms with van der Waals surface area (Å²) in [4.78, 5) is 36.5. The predicted octanol–water partition coefficient (Wildman–Crippen LogP) is 1.31. The molecule has 0 aromatic heterocycles. The fourth-order valence-electron chi connectivity index (χ4n) is 2.28. The molecule has 1 aromatic rings. The van der Waals surface area contributed by atoms with Crippen molar-refractivity contribution in [2.45, 2.75) is 19.4 Å². The number of halogens is 1. The van der Waals surface area contributed by atoms with Crippen LogP contribution in [0.5, 0.6) is 0 Å². The number of hydrogen-bond donors (Lipinski definition) is 2. The number of nitrogens with one attached hydrogen (secondary N) is 2. The van der Waals surface area contributed by atoms with Crippen LogP contribution in [0.25, 0.3) is 0 Å². The Morgan fingerprint density at radius 1 is 1.35 bits per heavy atom. The van der Waals surface area contributed by atoms with Gasteiger partial charge in [-0.1, -0.05) is 11.6 Å². The van der Waals surface area contributed by atoms with Gasteiger partial charge in [0.1, 0.15) is 6.54 Å². The lowest BCUT2D eigenvalue weighted by Crippen LogP contribution is -2.45. The van der Waals surface area contributed by atoms with Crippen LogP contribution in [-0.4, -0.2) is 43.6 Å². The molecule has 0 bridgehead atoms. The van der Waals surface area contributed by atoms with E-state index >= 15 is 0 Å². The Balaban J connectivity index is 1.84. The molecule has 8 heteroatoms. The van der Waals surface area contributed by atoms with Crippen molar-refractivity contribution in [1.29, 1.82) is 0 Å². The summed E-state index contributed by atoms with van der Waals surface area (Å²) >= 11 is 5.83. The number of amides is 3. The van der Waals surface area contributed by atoms with Crippen LogP contribution in [0.15, 0.2) is 24.3 Å². The lowest BCUT2D eigenvalue weighted by Gasteiger charge is -2.17. The largest absolute Gasteiger partial charge is 0.465 e. The molecule has 0 aliphatic carbocycles. The van der Waals surface area contributed by atoms with Gasteiger partial charge in [-0.05, 0) is 31.2 Å². The van der Waals surface area contributed by atoms with Crippen LogP contribution in [0, 0.1) is 0 Å². The molecule has 0 radical (unpaired) electrons. The SMILES string of the molecule is CCOC(=O)CNC(=O)N[C@@H]1CC(=O)N(c2ccc(Cl)cc2)C1. The quantitative estimate of drug-likeness (QED) is 0.792. The first-order valence-electron chi connectivity index (χ1n) is 7.25. The summed E-state index contributed by atoms with van der Waals surface area (Å²) in [6.45, 7) is 2.11. The Labute approximate surface area is 138 Å². The molecular weight excluding hydrogens is 322 g/mol. The van der Waals surface area contributed by atoms with Crippen LogP contribution in [-0.2, 0) is 14.3 Å². The average molecular weight is 340 g/mol. The summed E-state index contributed by atoms with van der Waals surface area (Å²) in [5.74, 6) is -0.587. The zero-order valence-electron chi connectivity index (χ0n) is 12.7. The number of carbonyl (C=O) groups excluding carboxylic acids is 3. The molecule has 2 rings (SSSR count). The molecule has 1 fully saturated rings. The molecule has 0 unspecified atom stereocenters. The van der Waals surface area contributed by atoms with Gasteiger partial charge in [0.15, 0.2) is 0 Å². The molecule has 23 heavy (non-hydrogen) atoms. The maximum atomic E-state index is 12.0. The van der Waals surface area contributed by atoms with Gasteiger partial charge in [-0.3, -0.25) is 9.59 Å².